The molecular formula is C16H18ClNO. The number of rotatable bonds is 4. The van der Waals surface area contributed by atoms with Crippen LogP contribution >= 0.6 is 11.6 Å². The molecule has 0 radical (unpaired) electrons. The molecular weight excluding hydrogens is 258 g/mol. The number of hydrogen-bond donors (Lipinski definition) is 0. The third-order valence-corrected chi connectivity index (χ3v) is 3.38. The fourth-order valence-electron chi connectivity index (χ4n) is 2.17. The van der Waals surface area contributed by atoms with Gasteiger partial charge in [0.15, 0.2) is 0 Å². The van der Waals surface area contributed by atoms with Crippen molar-refractivity contribution in [1.29, 1.82) is 0 Å². The maximum absolute atomic E-state index is 12.5. The molecule has 0 bridgehead atoms. The molecule has 2 aromatic rings. The van der Waals surface area contributed by atoms with E-state index in [-0.39, 0.29) is 11.9 Å². The van der Waals surface area contributed by atoms with Gasteiger partial charge in [0.25, 0.3) is 5.91 Å². The number of carbonyl (C=O) groups is 1. The largest absolute Gasteiger partial charge is 0.335 e. The Balaban J connectivity index is 2.34. The molecule has 0 aromatic heterocycles. The van der Waals surface area contributed by atoms with Gasteiger partial charge in [-0.05, 0) is 36.8 Å². The summed E-state index contributed by atoms with van der Waals surface area (Å²) in [5.41, 5.74) is 0.720. The van der Waals surface area contributed by atoms with Crippen LogP contribution in [0.3, 0.4) is 0 Å². The smallest absolute Gasteiger partial charge is 0.254 e. The van der Waals surface area contributed by atoms with Gasteiger partial charge in [-0.2, -0.15) is 0 Å². The van der Waals surface area contributed by atoms with E-state index in [2.05, 4.69) is 0 Å². The maximum Gasteiger partial charge on any atom is 0.254 e. The molecule has 0 fully saturated rings. The van der Waals surface area contributed by atoms with E-state index in [4.69, 9.17) is 11.6 Å². The van der Waals surface area contributed by atoms with E-state index in [1.54, 1.807) is 4.90 Å². The molecule has 0 saturated carbocycles. The molecule has 0 spiro atoms. The lowest BCUT2D eigenvalue weighted by Gasteiger charge is -2.26. The first-order valence-electron chi connectivity index (χ1n) is 6.49. The van der Waals surface area contributed by atoms with Gasteiger partial charge >= 0.3 is 0 Å². The summed E-state index contributed by atoms with van der Waals surface area (Å²) >= 11 is 5.77. The molecule has 2 nitrogen and oxygen atoms in total. The Morgan fingerprint density at radius 1 is 1.16 bits per heavy atom. The van der Waals surface area contributed by atoms with Crippen LogP contribution in [0.2, 0.25) is 0 Å². The third kappa shape index (κ3) is 3.07. The van der Waals surface area contributed by atoms with Gasteiger partial charge < -0.3 is 4.90 Å². The lowest BCUT2D eigenvalue weighted by Crippen LogP contribution is -2.38. The van der Waals surface area contributed by atoms with Crippen molar-refractivity contribution in [3.63, 3.8) is 0 Å². The number of amides is 1. The second kappa shape index (κ2) is 6.07. The van der Waals surface area contributed by atoms with Crippen molar-refractivity contribution in [2.45, 2.75) is 19.9 Å². The SMILES string of the molecule is CC(C)N(CCCl)C(=O)c1ccc2ccccc2c1. The Bertz CT molecular complexity index is 580. The summed E-state index contributed by atoms with van der Waals surface area (Å²) in [7, 11) is 0. The average molecular weight is 276 g/mol. The highest BCUT2D eigenvalue weighted by atomic mass is 35.5. The Morgan fingerprint density at radius 2 is 1.84 bits per heavy atom. The molecule has 0 N–H and O–H groups in total. The fraction of sp³-hybridized carbons (Fsp3) is 0.312. The van der Waals surface area contributed by atoms with Crippen LogP contribution < -0.4 is 0 Å². The van der Waals surface area contributed by atoms with Crippen molar-refractivity contribution < 1.29 is 4.79 Å². The number of benzene rings is 2. The molecule has 0 saturated heterocycles. The van der Waals surface area contributed by atoms with Crippen molar-refractivity contribution in [2.24, 2.45) is 0 Å². The first kappa shape index (κ1) is 13.9. The maximum atomic E-state index is 12.5. The lowest BCUT2D eigenvalue weighted by molar-refractivity contribution is 0.0718. The highest BCUT2D eigenvalue weighted by molar-refractivity contribution is 6.18. The summed E-state index contributed by atoms with van der Waals surface area (Å²) in [6, 6.07) is 14.0. The quantitative estimate of drug-likeness (QED) is 0.774. The Kier molecular flexibility index (Phi) is 4.43. The Labute approximate surface area is 119 Å². The number of halogens is 1. The number of alkyl halides is 1. The van der Waals surface area contributed by atoms with Gasteiger partial charge in [0.05, 0.1) is 0 Å². The van der Waals surface area contributed by atoms with E-state index >= 15 is 0 Å². The molecule has 0 aliphatic rings. The van der Waals surface area contributed by atoms with Gasteiger partial charge in [-0.1, -0.05) is 30.3 Å². The molecule has 19 heavy (non-hydrogen) atoms. The number of carbonyl (C=O) groups excluding carboxylic acids is 1. The first-order valence-corrected chi connectivity index (χ1v) is 7.02. The molecule has 0 atom stereocenters. The normalized spacial score (nSPS) is 10.9. The zero-order valence-corrected chi connectivity index (χ0v) is 12.0. The third-order valence-electron chi connectivity index (χ3n) is 3.21. The van der Waals surface area contributed by atoms with Crippen LogP contribution in [0.25, 0.3) is 10.8 Å². The van der Waals surface area contributed by atoms with E-state index in [0.29, 0.717) is 12.4 Å². The van der Waals surface area contributed by atoms with Crippen LogP contribution in [0.15, 0.2) is 42.5 Å². The van der Waals surface area contributed by atoms with E-state index in [0.717, 1.165) is 16.3 Å². The predicted octanol–water partition coefficient (Wildman–Crippen LogP) is 3.93. The zero-order valence-electron chi connectivity index (χ0n) is 11.3. The summed E-state index contributed by atoms with van der Waals surface area (Å²) in [4.78, 5) is 14.3. The minimum atomic E-state index is 0.0430. The van der Waals surface area contributed by atoms with Crippen LogP contribution in [0.4, 0.5) is 0 Å². The van der Waals surface area contributed by atoms with Crippen molar-refractivity contribution >= 4 is 28.3 Å². The Hall–Kier alpha value is -1.54. The van der Waals surface area contributed by atoms with Crippen LogP contribution in [0, 0.1) is 0 Å². The molecule has 3 heteroatoms. The lowest BCUT2D eigenvalue weighted by atomic mass is 10.1. The van der Waals surface area contributed by atoms with Gasteiger partial charge in [0.2, 0.25) is 0 Å². The van der Waals surface area contributed by atoms with Crippen molar-refractivity contribution in [3.05, 3.63) is 48.0 Å². The van der Waals surface area contributed by atoms with Gasteiger partial charge in [0, 0.05) is 24.0 Å². The predicted molar refractivity (Wildman–Crippen MR) is 80.8 cm³/mol. The summed E-state index contributed by atoms with van der Waals surface area (Å²) in [5, 5.41) is 2.23. The summed E-state index contributed by atoms with van der Waals surface area (Å²) in [5.74, 6) is 0.499. The summed E-state index contributed by atoms with van der Waals surface area (Å²) in [6.07, 6.45) is 0. The highest BCUT2D eigenvalue weighted by Crippen LogP contribution is 2.17. The van der Waals surface area contributed by atoms with Crippen molar-refractivity contribution in [3.8, 4) is 0 Å². The minimum absolute atomic E-state index is 0.0430. The second-order valence-corrected chi connectivity index (χ2v) is 5.22. The van der Waals surface area contributed by atoms with Gasteiger partial charge in [0.1, 0.15) is 0 Å². The first-order chi connectivity index (χ1) is 9.13. The Morgan fingerprint density at radius 3 is 2.47 bits per heavy atom. The van der Waals surface area contributed by atoms with E-state index < -0.39 is 0 Å². The second-order valence-electron chi connectivity index (χ2n) is 4.84. The topological polar surface area (TPSA) is 20.3 Å². The van der Waals surface area contributed by atoms with Crippen molar-refractivity contribution in [2.75, 3.05) is 12.4 Å². The standard InChI is InChI=1S/C16H18ClNO/c1-12(2)18(10-9-17)16(19)15-8-7-13-5-3-4-6-14(13)11-15/h3-8,11-12H,9-10H2,1-2H3. The van der Waals surface area contributed by atoms with Crippen LogP contribution in [0.5, 0.6) is 0 Å². The number of fused-ring (bicyclic) bond motifs is 1. The fourth-order valence-corrected chi connectivity index (χ4v) is 2.36. The summed E-state index contributed by atoms with van der Waals surface area (Å²) < 4.78 is 0. The van der Waals surface area contributed by atoms with Crippen LogP contribution in [0.1, 0.15) is 24.2 Å². The van der Waals surface area contributed by atoms with Crippen molar-refractivity contribution in [1.82, 2.24) is 4.90 Å². The van der Waals surface area contributed by atoms with Crippen LogP contribution in [-0.4, -0.2) is 29.3 Å². The van der Waals surface area contributed by atoms with Gasteiger partial charge in [-0.25, -0.2) is 0 Å². The minimum Gasteiger partial charge on any atom is -0.335 e. The molecule has 0 heterocycles. The average Bonchev–Trinajstić information content (AvgIpc) is 2.43. The highest BCUT2D eigenvalue weighted by Gasteiger charge is 2.18. The molecule has 2 aromatic carbocycles. The van der Waals surface area contributed by atoms with Gasteiger partial charge in [-0.15, -0.1) is 11.6 Å². The van der Waals surface area contributed by atoms with Gasteiger partial charge in [-0.3, -0.25) is 4.79 Å². The molecule has 0 unspecified atom stereocenters. The molecule has 2 rings (SSSR count). The molecule has 100 valence electrons. The zero-order chi connectivity index (χ0) is 13.8. The molecule has 1 amide bonds. The molecule has 0 aliphatic carbocycles. The van der Waals surface area contributed by atoms with E-state index in [9.17, 15) is 4.79 Å². The molecule has 0 aliphatic heterocycles. The number of nitrogens with zero attached hydrogens (tertiary/aromatic N) is 1. The number of hydrogen-bond acceptors (Lipinski definition) is 1. The van der Waals surface area contributed by atoms with Crippen LogP contribution in [-0.2, 0) is 0 Å². The van der Waals surface area contributed by atoms with E-state index in [1.807, 2.05) is 56.3 Å². The summed E-state index contributed by atoms with van der Waals surface area (Å²) in [6.45, 7) is 4.59. The monoisotopic (exact) mass is 275 g/mol. The van der Waals surface area contributed by atoms with E-state index in [1.165, 1.54) is 0 Å².